The van der Waals surface area contributed by atoms with E-state index >= 15 is 0 Å². The molecule has 2 atom stereocenters. The monoisotopic (exact) mass is 343 g/mol. The van der Waals surface area contributed by atoms with E-state index < -0.39 is 0 Å². The molecule has 1 saturated heterocycles. The van der Waals surface area contributed by atoms with Crippen molar-refractivity contribution in [3.63, 3.8) is 0 Å². The Kier molecular flexibility index (Phi) is 4.46. The molecule has 0 unspecified atom stereocenters. The van der Waals surface area contributed by atoms with Gasteiger partial charge in [-0.25, -0.2) is 4.39 Å². The fourth-order valence-corrected chi connectivity index (χ4v) is 4.20. The quantitative estimate of drug-likeness (QED) is 0.859. The van der Waals surface area contributed by atoms with Crippen LogP contribution in [0.4, 0.5) is 4.39 Å². The average Bonchev–Trinajstić information content (AvgIpc) is 3.10. The van der Waals surface area contributed by atoms with E-state index in [1.807, 2.05) is 4.90 Å². The van der Waals surface area contributed by atoms with Gasteiger partial charge in [0.2, 0.25) is 11.7 Å². The van der Waals surface area contributed by atoms with E-state index in [9.17, 15) is 9.18 Å². The lowest BCUT2D eigenvalue weighted by molar-refractivity contribution is -0.138. The van der Waals surface area contributed by atoms with Gasteiger partial charge in [-0.1, -0.05) is 25.0 Å². The Bertz CT molecular complexity index is 759. The van der Waals surface area contributed by atoms with Crippen molar-refractivity contribution in [1.29, 1.82) is 0 Å². The number of tetrazole rings is 1. The molecule has 1 aliphatic heterocycles. The molecule has 0 spiro atoms. The fraction of sp³-hybridized carbons (Fsp3) is 0.556. The van der Waals surface area contributed by atoms with Gasteiger partial charge in [-0.05, 0) is 48.9 Å². The summed E-state index contributed by atoms with van der Waals surface area (Å²) in [6.07, 6.45) is 7.14. The van der Waals surface area contributed by atoms with Crippen molar-refractivity contribution in [2.75, 3.05) is 6.54 Å². The average molecular weight is 343 g/mol. The first-order chi connectivity index (χ1) is 12.2. The molecule has 7 heteroatoms. The molecular formula is C18H22FN5O. The summed E-state index contributed by atoms with van der Waals surface area (Å²) in [7, 11) is 0. The summed E-state index contributed by atoms with van der Waals surface area (Å²) in [5.74, 6) is 0.695. The number of aromatic nitrogens is 4. The van der Waals surface area contributed by atoms with Gasteiger partial charge in [0.25, 0.3) is 0 Å². The maximum absolute atomic E-state index is 13.3. The molecule has 0 N–H and O–H groups in total. The van der Waals surface area contributed by atoms with Crippen molar-refractivity contribution < 1.29 is 9.18 Å². The Morgan fingerprint density at radius 2 is 2.04 bits per heavy atom. The number of likely N-dealkylation sites (tertiary alicyclic amines) is 1. The van der Waals surface area contributed by atoms with Crippen LogP contribution in [0.3, 0.4) is 0 Å². The molecule has 132 valence electrons. The number of amides is 1. The van der Waals surface area contributed by atoms with Crippen LogP contribution in [-0.2, 0) is 11.3 Å². The lowest BCUT2D eigenvalue weighted by Crippen LogP contribution is -2.50. The molecule has 6 nitrogen and oxygen atoms in total. The van der Waals surface area contributed by atoms with Crippen LogP contribution in [0.2, 0.25) is 0 Å². The molecule has 1 aromatic carbocycles. The number of carbonyl (C=O) groups excluding carboxylic acids is 1. The molecule has 1 amide bonds. The van der Waals surface area contributed by atoms with Crippen LogP contribution in [0.5, 0.6) is 0 Å². The Balaban J connectivity index is 1.46. The third-order valence-corrected chi connectivity index (χ3v) is 5.38. The van der Waals surface area contributed by atoms with Crippen molar-refractivity contribution in [3.8, 4) is 11.4 Å². The molecule has 1 aromatic heterocycles. The van der Waals surface area contributed by atoms with Crippen LogP contribution < -0.4 is 0 Å². The van der Waals surface area contributed by atoms with E-state index in [2.05, 4.69) is 15.4 Å². The first kappa shape index (κ1) is 16.2. The zero-order valence-electron chi connectivity index (χ0n) is 14.1. The molecule has 4 rings (SSSR count). The lowest BCUT2D eigenvalue weighted by atomic mass is 9.78. The number of hydrogen-bond donors (Lipinski definition) is 0. The molecule has 2 aromatic rings. The number of carbonyl (C=O) groups is 1. The Labute approximate surface area is 146 Å². The lowest BCUT2D eigenvalue weighted by Gasteiger charge is -2.44. The topological polar surface area (TPSA) is 63.9 Å². The van der Waals surface area contributed by atoms with E-state index in [0.717, 1.165) is 19.4 Å². The molecule has 25 heavy (non-hydrogen) atoms. The van der Waals surface area contributed by atoms with Gasteiger partial charge in [0.1, 0.15) is 12.4 Å². The molecule has 2 heterocycles. The maximum Gasteiger partial charge on any atom is 0.246 e. The molecule has 1 saturated carbocycles. The highest BCUT2D eigenvalue weighted by atomic mass is 19.1. The number of hydrogen-bond acceptors (Lipinski definition) is 4. The second kappa shape index (κ2) is 6.90. The highest BCUT2D eigenvalue weighted by molar-refractivity contribution is 5.76. The van der Waals surface area contributed by atoms with Crippen LogP contribution in [0, 0.1) is 11.7 Å². The van der Waals surface area contributed by atoms with Gasteiger partial charge in [-0.3, -0.25) is 4.79 Å². The molecular weight excluding hydrogens is 321 g/mol. The number of nitrogens with zero attached hydrogens (tertiary/aromatic N) is 5. The number of fused-ring (bicyclic) bond motifs is 1. The van der Waals surface area contributed by atoms with Crippen molar-refractivity contribution in [3.05, 3.63) is 30.1 Å². The fourth-order valence-electron chi connectivity index (χ4n) is 4.20. The predicted molar refractivity (Wildman–Crippen MR) is 89.9 cm³/mol. The third-order valence-electron chi connectivity index (χ3n) is 5.38. The number of rotatable bonds is 3. The summed E-state index contributed by atoms with van der Waals surface area (Å²) < 4.78 is 13.3. The highest BCUT2D eigenvalue weighted by Crippen LogP contribution is 2.35. The van der Waals surface area contributed by atoms with E-state index in [-0.39, 0.29) is 18.3 Å². The zero-order chi connectivity index (χ0) is 17.2. The van der Waals surface area contributed by atoms with Crippen molar-refractivity contribution in [2.45, 2.75) is 51.1 Å². The minimum atomic E-state index is -0.346. The van der Waals surface area contributed by atoms with Gasteiger partial charge >= 0.3 is 0 Å². The maximum atomic E-state index is 13.3. The SMILES string of the molecule is O=C(Cn1nnc(-c2cccc(F)c2)n1)N1CCC[C@H]2CCCC[C@@H]21. The number of piperidine rings is 1. The Morgan fingerprint density at radius 3 is 2.92 bits per heavy atom. The normalized spacial score (nSPS) is 23.3. The molecule has 0 bridgehead atoms. The summed E-state index contributed by atoms with van der Waals surface area (Å²) >= 11 is 0. The molecule has 2 fully saturated rings. The predicted octanol–water partition coefficient (Wildman–Crippen LogP) is 2.66. The van der Waals surface area contributed by atoms with Crippen LogP contribution in [0.25, 0.3) is 11.4 Å². The summed E-state index contributed by atoms with van der Waals surface area (Å²) in [4.78, 5) is 16.1. The molecule has 0 radical (unpaired) electrons. The van der Waals surface area contributed by atoms with Crippen LogP contribution in [-0.4, -0.2) is 43.6 Å². The summed E-state index contributed by atoms with van der Waals surface area (Å²) in [6, 6.07) is 6.44. The summed E-state index contributed by atoms with van der Waals surface area (Å²) in [6.45, 7) is 0.914. The van der Waals surface area contributed by atoms with E-state index in [1.165, 1.54) is 42.6 Å². The smallest absolute Gasteiger partial charge is 0.246 e. The Morgan fingerprint density at radius 1 is 1.20 bits per heavy atom. The van der Waals surface area contributed by atoms with Crippen molar-refractivity contribution in [1.82, 2.24) is 25.1 Å². The minimum absolute atomic E-state index is 0.0554. The first-order valence-electron chi connectivity index (χ1n) is 9.04. The third kappa shape index (κ3) is 3.41. The number of benzene rings is 1. The second-order valence-electron chi connectivity index (χ2n) is 7.00. The minimum Gasteiger partial charge on any atom is -0.338 e. The zero-order valence-corrected chi connectivity index (χ0v) is 14.1. The van der Waals surface area contributed by atoms with Gasteiger partial charge in [-0.15, -0.1) is 10.2 Å². The van der Waals surface area contributed by atoms with Gasteiger partial charge in [-0.2, -0.15) is 4.80 Å². The van der Waals surface area contributed by atoms with Crippen molar-refractivity contribution >= 4 is 5.91 Å². The van der Waals surface area contributed by atoms with Gasteiger partial charge in [0, 0.05) is 18.2 Å². The van der Waals surface area contributed by atoms with E-state index in [1.54, 1.807) is 12.1 Å². The second-order valence-corrected chi connectivity index (χ2v) is 7.00. The largest absolute Gasteiger partial charge is 0.338 e. The summed E-state index contributed by atoms with van der Waals surface area (Å²) in [5.41, 5.74) is 0.559. The van der Waals surface area contributed by atoms with E-state index in [0.29, 0.717) is 23.3 Å². The van der Waals surface area contributed by atoms with Gasteiger partial charge < -0.3 is 4.90 Å². The number of halogens is 1. The van der Waals surface area contributed by atoms with Crippen LogP contribution in [0.1, 0.15) is 38.5 Å². The van der Waals surface area contributed by atoms with Gasteiger partial charge in [0.15, 0.2) is 0 Å². The van der Waals surface area contributed by atoms with E-state index in [4.69, 9.17) is 0 Å². The molecule has 2 aliphatic rings. The highest BCUT2D eigenvalue weighted by Gasteiger charge is 2.35. The standard InChI is InChI=1S/C18H22FN5O/c19-15-8-3-6-14(11-15)18-20-22-24(21-18)12-17(25)23-10-4-7-13-5-1-2-9-16(13)23/h3,6,8,11,13,16H,1-2,4-5,7,9-10,12H2/t13-,16+/m1/s1. The summed E-state index contributed by atoms with van der Waals surface area (Å²) in [5, 5.41) is 12.2. The Hall–Kier alpha value is -2.31. The van der Waals surface area contributed by atoms with Crippen LogP contribution >= 0.6 is 0 Å². The van der Waals surface area contributed by atoms with Crippen molar-refractivity contribution in [2.24, 2.45) is 5.92 Å². The van der Waals surface area contributed by atoms with Gasteiger partial charge in [0.05, 0.1) is 0 Å². The van der Waals surface area contributed by atoms with Crippen LogP contribution in [0.15, 0.2) is 24.3 Å². The molecule has 1 aliphatic carbocycles. The first-order valence-corrected chi connectivity index (χ1v) is 9.04.